The van der Waals surface area contributed by atoms with Gasteiger partial charge in [0.15, 0.2) is 0 Å². The molecule has 2 N–H and O–H groups in total. The average molecular weight is 271 g/mol. The number of nitrogens with one attached hydrogen (secondary N) is 1. The van der Waals surface area contributed by atoms with Gasteiger partial charge in [0.25, 0.3) is 0 Å². The lowest BCUT2D eigenvalue weighted by Gasteiger charge is -2.11. The Bertz CT molecular complexity index is 684. The molecule has 102 valence electrons. The molecule has 5 heteroatoms. The Labute approximate surface area is 115 Å². The van der Waals surface area contributed by atoms with Crippen LogP contribution in [0.15, 0.2) is 36.4 Å². The van der Waals surface area contributed by atoms with Crippen LogP contribution in [0.5, 0.6) is 0 Å². The van der Waals surface area contributed by atoms with E-state index >= 15 is 0 Å². The molecule has 0 aromatic heterocycles. The van der Waals surface area contributed by atoms with Crippen molar-refractivity contribution in [2.24, 2.45) is 0 Å². The summed E-state index contributed by atoms with van der Waals surface area (Å²) in [6.45, 7) is 0. The summed E-state index contributed by atoms with van der Waals surface area (Å²) in [6, 6.07) is 9.11. The van der Waals surface area contributed by atoms with Gasteiger partial charge >= 0.3 is 5.97 Å². The van der Waals surface area contributed by atoms with Gasteiger partial charge in [-0.1, -0.05) is 12.1 Å². The summed E-state index contributed by atoms with van der Waals surface area (Å²) in [5.74, 6) is -2.09. The second-order valence-corrected chi connectivity index (χ2v) is 4.18. The van der Waals surface area contributed by atoms with Crippen LogP contribution in [-0.4, -0.2) is 24.3 Å². The number of carboxylic acids is 1. The fourth-order valence-electron chi connectivity index (χ4n) is 1.94. The third kappa shape index (κ3) is 2.51. The van der Waals surface area contributed by atoms with E-state index in [2.05, 4.69) is 5.32 Å². The summed E-state index contributed by atoms with van der Waals surface area (Å²) >= 11 is 0. The zero-order valence-corrected chi connectivity index (χ0v) is 10.7. The van der Waals surface area contributed by atoms with Crippen molar-refractivity contribution in [3.63, 3.8) is 0 Å². The maximum absolute atomic E-state index is 13.7. The fraction of sp³-hybridized carbons (Fsp3) is 0.0667. The number of aromatic carboxylic acids is 1. The Balaban J connectivity index is 2.49. The van der Waals surface area contributed by atoms with E-state index in [0.29, 0.717) is 16.7 Å². The number of nitrogens with zero attached hydrogens (tertiary/aromatic N) is 1. The molecular formula is C15H12FN2O2-. The average Bonchev–Trinajstić information content (AvgIpc) is 2.45. The first-order chi connectivity index (χ1) is 9.56. The van der Waals surface area contributed by atoms with Gasteiger partial charge in [-0.2, -0.15) is 6.21 Å². The maximum atomic E-state index is 13.7. The first-order valence-corrected chi connectivity index (χ1v) is 5.89. The summed E-state index contributed by atoms with van der Waals surface area (Å²) < 4.78 is 13.7. The van der Waals surface area contributed by atoms with Crippen LogP contribution in [0.25, 0.3) is 16.5 Å². The van der Waals surface area contributed by atoms with Crippen molar-refractivity contribution in [3.8, 4) is 11.1 Å². The molecule has 0 amide bonds. The van der Waals surface area contributed by atoms with Crippen molar-refractivity contribution in [1.82, 2.24) is 0 Å². The Kier molecular flexibility index (Phi) is 3.79. The van der Waals surface area contributed by atoms with Crippen LogP contribution in [0.2, 0.25) is 0 Å². The normalized spacial score (nSPS) is 10.1. The highest BCUT2D eigenvalue weighted by molar-refractivity contribution is 5.92. The third-order valence-corrected chi connectivity index (χ3v) is 2.99. The predicted molar refractivity (Wildman–Crippen MR) is 76.9 cm³/mol. The molecule has 0 saturated heterocycles. The second-order valence-electron chi connectivity index (χ2n) is 4.18. The zero-order chi connectivity index (χ0) is 14.7. The third-order valence-electron chi connectivity index (χ3n) is 2.99. The molecule has 4 nitrogen and oxygen atoms in total. The minimum atomic E-state index is -1.30. The highest BCUT2D eigenvalue weighted by Crippen LogP contribution is 2.26. The molecule has 0 bridgehead atoms. The Morgan fingerprint density at radius 1 is 1.25 bits per heavy atom. The first-order valence-electron chi connectivity index (χ1n) is 5.89. The number of hydrogen-bond acceptors (Lipinski definition) is 2. The highest BCUT2D eigenvalue weighted by atomic mass is 19.1. The minimum Gasteiger partial charge on any atom is -0.810 e. The smallest absolute Gasteiger partial charge is 0.338 e. The van der Waals surface area contributed by atoms with Crippen LogP contribution < -0.4 is 5.32 Å². The topological polar surface area (TPSA) is 71.6 Å². The molecular weight excluding hydrogens is 259 g/mol. The number of carbonyl (C=O) groups is 1. The molecule has 0 unspecified atom stereocenters. The maximum Gasteiger partial charge on any atom is 0.338 e. The number of halogens is 1. The molecule has 0 saturated carbocycles. The molecule has 2 rings (SSSR count). The Hall–Kier alpha value is -2.69. The lowest BCUT2D eigenvalue weighted by Crippen LogP contribution is -2.00. The molecule has 0 radical (unpaired) electrons. The van der Waals surface area contributed by atoms with Gasteiger partial charge in [0.2, 0.25) is 0 Å². The quantitative estimate of drug-likeness (QED) is 0.839. The predicted octanol–water partition coefficient (Wildman–Crippen LogP) is 3.22. The van der Waals surface area contributed by atoms with Gasteiger partial charge in [-0.15, -0.1) is 0 Å². The van der Waals surface area contributed by atoms with Crippen LogP contribution in [0, 0.1) is 5.82 Å². The van der Waals surface area contributed by atoms with Gasteiger partial charge in [-0.05, 0) is 41.0 Å². The monoisotopic (exact) mass is 271 g/mol. The highest BCUT2D eigenvalue weighted by Gasteiger charge is 2.11. The largest absolute Gasteiger partial charge is 0.810 e. The molecule has 0 spiro atoms. The summed E-state index contributed by atoms with van der Waals surface area (Å²) in [4.78, 5) is 10.8. The molecule has 2 aromatic carbocycles. The standard InChI is InChI=1S/C15H12FN2O2/c1-18-14-5-3-9(6-11(14)8-17)10-2-4-12(15(19)20)13(16)7-10/h2-8,18H,1H3,(H,19,20)/q-1. The van der Waals surface area contributed by atoms with Gasteiger partial charge in [0.05, 0.1) is 5.56 Å². The molecule has 0 atom stereocenters. The van der Waals surface area contributed by atoms with Gasteiger partial charge in [0, 0.05) is 12.7 Å². The van der Waals surface area contributed by atoms with Crippen molar-refractivity contribution >= 4 is 17.9 Å². The van der Waals surface area contributed by atoms with Crippen molar-refractivity contribution < 1.29 is 14.3 Å². The molecule has 0 heterocycles. The van der Waals surface area contributed by atoms with E-state index in [1.54, 1.807) is 25.2 Å². The van der Waals surface area contributed by atoms with E-state index in [4.69, 9.17) is 5.11 Å². The van der Waals surface area contributed by atoms with Crippen molar-refractivity contribution in [2.75, 3.05) is 12.4 Å². The van der Waals surface area contributed by atoms with Gasteiger partial charge < -0.3 is 15.8 Å². The van der Waals surface area contributed by atoms with Crippen LogP contribution in [0.1, 0.15) is 15.9 Å². The van der Waals surface area contributed by atoms with E-state index in [0.717, 1.165) is 11.9 Å². The minimum absolute atomic E-state index is 0.366. The van der Waals surface area contributed by atoms with Crippen molar-refractivity contribution in [3.05, 3.63) is 58.8 Å². The lowest BCUT2D eigenvalue weighted by molar-refractivity contribution is 0.0692. The molecule has 20 heavy (non-hydrogen) atoms. The van der Waals surface area contributed by atoms with Gasteiger partial charge in [-0.25, -0.2) is 9.18 Å². The van der Waals surface area contributed by atoms with Crippen LogP contribution in [0.4, 0.5) is 10.1 Å². The van der Waals surface area contributed by atoms with E-state index < -0.39 is 11.8 Å². The van der Waals surface area contributed by atoms with Gasteiger partial charge in [-0.3, -0.25) is 0 Å². The van der Waals surface area contributed by atoms with E-state index in [1.807, 2.05) is 0 Å². The number of hydrogen-bond donors (Lipinski definition) is 2. The zero-order valence-electron chi connectivity index (χ0n) is 10.7. The molecule has 0 aliphatic carbocycles. The summed E-state index contributed by atoms with van der Waals surface area (Å²) in [7, 11) is 1.73. The summed E-state index contributed by atoms with van der Waals surface area (Å²) in [6.07, 6.45) is 0.956. The van der Waals surface area contributed by atoms with Crippen LogP contribution in [0.3, 0.4) is 0 Å². The van der Waals surface area contributed by atoms with E-state index in [9.17, 15) is 14.6 Å². The van der Waals surface area contributed by atoms with Gasteiger partial charge in [0.1, 0.15) is 5.82 Å². The number of rotatable bonds is 4. The van der Waals surface area contributed by atoms with Crippen LogP contribution in [-0.2, 0) is 0 Å². The summed E-state index contributed by atoms with van der Waals surface area (Å²) in [5, 5.41) is 20.9. The number of benzene rings is 2. The SMILES string of the molecule is CNc1ccc(-c2ccc(C(=O)O)c(F)c2)cc1C=[N-]. The van der Waals surface area contributed by atoms with Crippen LogP contribution >= 0.6 is 0 Å². The number of carboxylic acid groups (broad SMARTS) is 1. The fourth-order valence-corrected chi connectivity index (χ4v) is 1.94. The first kappa shape index (κ1) is 13.7. The molecule has 0 aliphatic heterocycles. The Morgan fingerprint density at radius 3 is 2.45 bits per heavy atom. The molecule has 0 aliphatic rings. The van der Waals surface area contributed by atoms with Crippen molar-refractivity contribution in [1.29, 1.82) is 0 Å². The molecule has 0 fully saturated rings. The number of anilines is 1. The second kappa shape index (κ2) is 5.52. The lowest BCUT2D eigenvalue weighted by atomic mass is 10.0. The van der Waals surface area contributed by atoms with E-state index in [1.165, 1.54) is 18.2 Å². The van der Waals surface area contributed by atoms with Crippen molar-refractivity contribution in [2.45, 2.75) is 0 Å². The Morgan fingerprint density at radius 2 is 1.90 bits per heavy atom. The molecule has 2 aromatic rings. The van der Waals surface area contributed by atoms with E-state index in [-0.39, 0.29) is 5.56 Å². The summed E-state index contributed by atoms with van der Waals surface area (Å²) in [5.41, 5.74) is 2.15.